The van der Waals surface area contributed by atoms with Crippen molar-refractivity contribution in [2.45, 2.75) is 24.4 Å². The molecule has 3 aromatic heterocycles. The van der Waals surface area contributed by atoms with Gasteiger partial charge in [-0.15, -0.1) is 0 Å². The molecule has 1 aliphatic carbocycles. The fourth-order valence-electron chi connectivity index (χ4n) is 5.68. The molecule has 0 radical (unpaired) electrons. The van der Waals surface area contributed by atoms with Crippen LogP contribution in [0.5, 0.6) is 0 Å². The summed E-state index contributed by atoms with van der Waals surface area (Å²) in [5.74, 6) is -0.248. The van der Waals surface area contributed by atoms with Gasteiger partial charge in [0.05, 0.1) is 17.5 Å². The van der Waals surface area contributed by atoms with E-state index in [2.05, 4.69) is 25.0 Å². The van der Waals surface area contributed by atoms with E-state index in [1.165, 1.54) is 15.3 Å². The van der Waals surface area contributed by atoms with Crippen LogP contribution in [-0.2, 0) is 25.7 Å². The first-order chi connectivity index (χ1) is 18.4. The highest BCUT2D eigenvalue weighted by Gasteiger charge is 2.68. The number of carbonyl (C=O) groups excluding carboxylic acids is 1. The molecule has 3 atom stereocenters. The molecule has 13 heteroatoms. The van der Waals surface area contributed by atoms with Crippen LogP contribution in [0, 0.1) is 5.92 Å². The highest BCUT2D eigenvalue weighted by molar-refractivity contribution is 7.84. The second kappa shape index (κ2) is 9.49. The molecule has 1 aromatic carbocycles. The third kappa shape index (κ3) is 4.31. The Balaban J connectivity index is 1.30. The number of carbonyl (C=O) groups is 1. The van der Waals surface area contributed by atoms with Crippen molar-refractivity contribution in [1.82, 2.24) is 29.0 Å². The number of rotatable bonds is 9. The lowest BCUT2D eigenvalue weighted by molar-refractivity contribution is -0.122. The van der Waals surface area contributed by atoms with Crippen molar-refractivity contribution in [2.24, 2.45) is 11.7 Å². The number of primary amides is 1. The minimum Gasteiger partial charge on any atom is -0.368 e. The maximum Gasteiger partial charge on any atom is 0.339 e. The molecule has 38 heavy (non-hydrogen) atoms. The van der Waals surface area contributed by atoms with Crippen molar-refractivity contribution in [3.05, 3.63) is 72.9 Å². The number of hydrogen-bond donors (Lipinski definition) is 2. The van der Waals surface area contributed by atoms with Gasteiger partial charge in [-0.3, -0.25) is 13.7 Å². The SMILES string of the molecule is NC(=O)C(C1CC12CN(c1ncnc3[nH]ccc13)CCN2S(=O)(=O)OCCc1ccccc1)n1cccn1. The van der Waals surface area contributed by atoms with Gasteiger partial charge in [-0.1, -0.05) is 30.3 Å². The van der Waals surface area contributed by atoms with E-state index >= 15 is 0 Å². The van der Waals surface area contributed by atoms with E-state index in [0.29, 0.717) is 37.4 Å². The van der Waals surface area contributed by atoms with Gasteiger partial charge in [-0.05, 0) is 30.5 Å². The molecular weight excluding hydrogens is 508 g/mol. The maximum atomic E-state index is 13.6. The van der Waals surface area contributed by atoms with Crippen LogP contribution in [0.1, 0.15) is 18.0 Å². The summed E-state index contributed by atoms with van der Waals surface area (Å²) >= 11 is 0. The minimum atomic E-state index is -4.11. The summed E-state index contributed by atoms with van der Waals surface area (Å²) in [6.07, 6.45) is 7.41. The Hall–Kier alpha value is -3.81. The number of hydrogen-bond acceptors (Lipinski definition) is 8. The number of benzene rings is 1. The van der Waals surface area contributed by atoms with Gasteiger partial charge in [0.15, 0.2) is 0 Å². The second-order valence-electron chi connectivity index (χ2n) is 9.69. The highest BCUT2D eigenvalue weighted by Crippen LogP contribution is 2.57. The summed E-state index contributed by atoms with van der Waals surface area (Å²) in [7, 11) is -4.11. The first-order valence-electron chi connectivity index (χ1n) is 12.4. The average molecular weight is 537 g/mol. The second-order valence-corrected chi connectivity index (χ2v) is 11.2. The fourth-order valence-corrected chi connectivity index (χ4v) is 7.12. The lowest BCUT2D eigenvalue weighted by Gasteiger charge is -2.42. The Kier molecular flexibility index (Phi) is 6.13. The monoisotopic (exact) mass is 536 g/mol. The Morgan fingerprint density at radius 2 is 2.03 bits per heavy atom. The van der Waals surface area contributed by atoms with E-state index in [1.807, 2.05) is 36.4 Å². The molecule has 4 heterocycles. The van der Waals surface area contributed by atoms with Crippen LogP contribution < -0.4 is 10.6 Å². The van der Waals surface area contributed by atoms with E-state index < -0.39 is 33.7 Å². The molecule has 1 spiro atoms. The van der Waals surface area contributed by atoms with Crippen molar-refractivity contribution in [1.29, 1.82) is 0 Å². The first-order valence-corrected chi connectivity index (χ1v) is 13.8. The number of aromatic amines is 1. The fraction of sp³-hybridized carbons (Fsp3) is 0.360. The van der Waals surface area contributed by atoms with Crippen molar-refractivity contribution >= 4 is 33.1 Å². The molecular formula is C25H28N8O4S. The zero-order chi connectivity index (χ0) is 26.3. The number of fused-ring (bicyclic) bond motifs is 1. The third-order valence-corrected chi connectivity index (χ3v) is 9.04. The molecule has 198 valence electrons. The molecule has 1 aliphatic heterocycles. The number of nitrogens with zero attached hydrogens (tertiary/aromatic N) is 6. The normalized spacial score (nSPS) is 22.6. The van der Waals surface area contributed by atoms with Crippen molar-refractivity contribution in [3.63, 3.8) is 0 Å². The molecule has 6 rings (SSSR count). The minimum absolute atomic E-state index is 0.0155. The lowest BCUT2D eigenvalue weighted by atomic mass is 10.0. The molecule has 0 bridgehead atoms. The number of nitrogens with two attached hydrogens (primary N) is 1. The molecule has 3 unspecified atom stereocenters. The van der Waals surface area contributed by atoms with E-state index in [0.717, 1.165) is 10.9 Å². The summed E-state index contributed by atoms with van der Waals surface area (Å²) in [6, 6.07) is 12.4. The van der Waals surface area contributed by atoms with E-state index in [4.69, 9.17) is 9.92 Å². The van der Waals surface area contributed by atoms with Crippen LogP contribution in [0.15, 0.2) is 67.4 Å². The molecule has 1 amide bonds. The Labute approximate surface area is 219 Å². The zero-order valence-electron chi connectivity index (χ0n) is 20.6. The standard InChI is InChI=1S/C25H28N8O4S/c26-22(34)21(32-11-4-9-30-32)20-15-25(20)16-31(24-19-7-10-27-23(19)28-17-29-24)12-13-33(25)38(35,36)37-14-8-18-5-2-1-3-6-18/h1-7,9-11,17,20-21H,8,12-16H2,(H2,26,34)(H,27,28,29). The topological polar surface area (TPSA) is 152 Å². The number of H-pyrrole nitrogens is 1. The van der Waals surface area contributed by atoms with E-state index in [-0.39, 0.29) is 13.2 Å². The molecule has 2 aliphatic rings. The predicted molar refractivity (Wildman–Crippen MR) is 139 cm³/mol. The zero-order valence-corrected chi connectivity index (χ0v) is 21.4. The van der Waals surface area contributed by atoms with Gasteiger partial charge in [0, 0.05) is 44.1 Å². The van der Waals surface area contributed by atoms with Crippen molar-refractivity contribution in [2.75, 3.05) is 31.1 Å². The van der Waals surface area contributed by atoms with Gasteiger partial charge in [-0.2, -0.15) is 17.8 Å². The lowest BCUT2D eigenvalue weighted by Crippen LogP contribution is -2.59. The largest absolute Gasteiger partial charge is 0.368 e. The summed E-state index contributed by atoms with van der Waals surface area (Å²) in [6.45, 7) is 0.906. The van der Waals surface area contributed by atoms with Gasteiger partial charge in [0.25, 0.3) is 0 Å². The quantitative estimate of drug-likeness (QED) is 0.324. The van der Waals surface area contributed by atoms with Crippen LogP contribution in [0.2, 0.25) is 0 Å². The number of aromatic nitrogens is 5. The molecule has 1 saturated carbocycles. The van der Waals surface area contributed by atoms with E-state index in [1.54, 1.807) is 24.7 Å². The Bertz CT molecular complexity index is 1540. The van der Waals surface area contributed by atoms with Crippen LogP contribution in [0.4, 0.5) is 5.82 Å². The molecule has 3 N–H and O–H groups in total. The highest BCUT2D eigenvalue weighted by atomic mass is 32.2. The third-order valence-electron chi connectivity index (χ3n) is 7.49. The van der Waals surface area contributed by atoms with Gasteiger partial charge >= 0.3 is 10.3 Å². The molecule has 12 nitrogen and oxygen atoms in total. The Morgan fingerprint density at radius 1 is 1.18 bits per heavy atom. The van der Waals surface area contributed by atoms with Gasteiger partial charge < -0.3 is 15.6 Å². The number of nitrogens with one attached hydrogen (secondary N) is 1. The average Bonchev–Trinajstić information content (AvgIpc) is 3.28. The molecule has 1 saturated heterocycles. The van der Waals surface area contributed by atoms with E-state index in [9.17, 15) is 13.2 Å². The summed E-state index contributed by atoms with van der Waals surface area (Å²) in [5.41, 5.74) is 6.59. The molecule has 2 fully saturated rings. The van der Waals surface area contributed by atoms with Gasteiger partial charge in [0.1, 0.15) is 23.8 Å². The van der Waals surface area contributed by atoms with Crippen molar-refractivity contribution in [3.8, 4) is 0 Å². The van der Waals surface area contributed by atoms with Gasteiger partial charge in [-0.25, -0.2) is 9.97 Å². The van der Waals surface area contributed by atoms with Crippen LogP contribution in [-0.4, -0.2) is 75.1 Å². The number of anilines is 1. The summed E-state index contributed by atoms with van der Waals surface area (Å²) in [4.78, 5) is 26.5. The predicted octanol–water partition coefficient (Wildman–Crippen LogP) is 1.27. The maximum absolute atomic E-state index is 13.6. The van der Waals surface area contributed by atoms with Crippen molar-refractivity contribution < 1.29 is 17.4 Å². The number of piperazine rings is 1. The first kappa shape index (κ1) is 24.5. The Morgan fingerprint density at radius 3 is 2.79 bits per heavy atom. The smallest absolute Gasteiger partial charge is 0.339 e. The number of amides is 1. The van der Waals surface area contributed by atoms with Crippen LogP contribution >= 0.6 is 0 Å². The summed E-state index contributed by atoms with van der Waals surface area (Å²) in [5, 5.41) is 5.08. The van der Waals surface area contributed by atoms with Gasteiger partial charge in [0.2, 0.25) is 5.91 Å². The molecule has 4 aromatic rings. The summed E-state index contributed by atoms with van der Waals surface area (Å²) < 4.78 is 35.6. The van der Waals surface area contributed by atoms with Crippen LogP contribution in [0.25, 0.3) is 11.0 Å². The van der Waals surface area contributed by atoms with Crippen LogP contribution in [0.3, 0.4) is 0 Å².